The van der Waals surface area contributed by atoms with Crippen LogP contribution in [0.1, 0.15) is 89.5 Å². The number of hydrogen-bond donors (Lipinski definition) is 1. The highest BCUT2D eigenvalue weighted by Crippen LogP contribution is 2.42. The number of aliphatic carboxylic acids is 1. The van der Waals surface area contributed by atoms with Crippen molar-refractivity contribution in [3.63, 3.8) is 0 Å². The maximum Gasteiger partial charge on any atom is 0.314 e. The van der Waals surface area contributed by atoms with Gasteiger partial charge in [0.05, 0.1) is 11.5 Å². The van der Waals surface area contributed by atoms with Crippen molar-refractivity contribution in [1.29, 1.82) is 0 Å². The van der Waals surface area contributed by atoms with Crippen molar-refractivity contribution in [2.45, 2.75) is 95.5 Å². The molecule has 1 saturated carbocycles. The summed E-state index contributed by atoms with van der Waals surface area (Å²) in [6.07, 6.45) is 12.3. The Hall–Kier alpha value is -2.27. The molecule has 5 heteroatoms. The topological polar surface area (TPSA) is 46.5 Å². The number of carboxylic acid groups (broad SMARTS) is 1. The quantitative estimate of drug-likeness (QED) is 0.300. The molecule has 0 spiro atoms. The predicted octanol–water partition coefficient (Wildman–Crippen LogP) is 8.05. The summed E-state index contributed by atoms with van der Waals surface area (Å²) < 4.78 is 34.2. The van der Waals surface area contributed by atoms with Gasteiger partial charge in [-0.05, 0) is 61.4 Å². The average Bonchev–Trinajstić information content (AvgIpc) is 2.84. The largest absolute Gasteiger partial charge is 0.481 e. The first-order valence-electron chi connectivity index (χ1n) is 12.9. The van der Waals surface area contributed by atoms with E-state index in [1.165, 1.54) is 75.3 Å². The van der Waals surface area contributed by atoms with E-state index >= 15 is 0 Å². The van der Waals surface area contributed by atoms with Crippen LogP contribution in [0.2, 0.25) is 0 Å². The van der Waals surface area contributed by atoms with Gasteiger partial charge in [0.15, 0.2) is 0 Å². The zero-order valence-corrected chi connectivity index (χ0v) is 20.3. The molecule has 0 saturated heterocycles. The van der Waals surface area contributed by atoms with Crippen molar-refractivity contribution in [2.75, 3.05) is 6.61 Å². The van der Waals surface area contributed by atoms with Crippen LogP contribution in [0.3, 0.4) is 0 Å². The molecule has 34 heavy (non-hydrogen) atoms. The van der Waals surface area contributed by atoms with Gasteiger partial charge in [-0.2, -0.15) is 0 Å². The highest BCUT2D eigenvalue weighted by molar-refractivity contribution is 5.82. The first kappa shape index (κ1) is 26.3. The first-order chi connectivity index (χ1) is 16.5. The molecule has 0 atom stereocenters. The SMILES string of the molecule is CCCCCCCCCCOC1CCC(C(=O)O)(c2ccc(-c3ccc(F)cc3)c(F)c2)CC1. The van der Waals surface area contributed by atoms with Crippen LogP contribution in [0.15, 0.2) is 42.5 Å². The fraction of sp³-hybridized carbons (Fsp3) is 0.552. The van der Waals surface area contributed by atoms with Crippen molar-refractivity contribution < 1.29 is 23.4 Å². The lowest BCUT2D eigenvalue weighted by molar-refractivity contribution is -0.146. The van der Waals surface area contributed by atoms with Crippen LogP contribution in [-0.2, 0) is 14.9 Å². The minimum atomic E-state index is -1.10. The van der Waals surface area contributed by atoms with Crippen molar-refractivity contribution in [3.8, 4) is 11.1 Å². The lowest BCUT2D eigenvalue weighted by Gasteiger charge is -2.37. The molecule has 0 heterocycles. The van der Waals surface area contributed by atoms with Crippen LogP contribution in [0.25, 0.3) is 11.1 Å². The summed E-state index contributed by atoms with van der Waals surface area (Å²) in [6, 6.07) is 10.3. The lowest BCUT2D eigenvalue weighted by Crippen LogP contribution is -2.41. The van der Waals surface area contributed by atoms with E-state index in [0.29, 0.717) is 42.4 Å². The van der Waals surface area contributed by atoms with E-state index in [-0.39, 0.29) is 11.9 Å². The third kappa shape index (κ3) is 6.88. The van der Waals surface area contributed by atoms with E-state index in [4.69, 9.17) is 4.74 Å². The molecule has 1 aliphatic rings. The maximum atomic E-state index is 14.9. The van der Waals surface area contributed by atoms with Crippen LogP contribution in [0.5, 0.6) is 0 Å². The van der Waals surface area contributed by atoms with Gasteiger partial charge in [0.1, 0.15) is 11.6 Å². The summed E-state index contributed by atoms with van der Waals surface area (Å²) in [5.74, 6) is -1.78. The van der Waals surface area contributed by atoms with E-state index in [2.05, 4.69) is 6.92 Å². The Balaban J connectivity index is 1.51. The Bertz CT molecular complexity index is 902. The van der Waals surface area contributed by atoms with Crippen LogP contribution in [0, 0.1) is 11.6 Å². The van der Waals surface area contributed by atoms with Gasteiger partial charge in [-0.1, -0.05) is 76.1 Å². The minimum absolute atomic E-state index is 0.0698. The predicted molar refractivity (Wildman–Crippen MR) is 132 cm³/mol. The molecule has 2 aromatic rings. The number of carboxylic acids is 1. The first-order valence-corrected chi connectivity index (χ1v) is 12.9. The Morgan fingerprint density at radius 3 is 2.15 bits per heavy atom. The molecule has 0 unspecified atom stereocenters. The van der Waals surface area contributed by atoms with E-state index < -0.39 is 17.2 Å². The third-order valence-corrected chi connectivity index (χ3v) is 7.22. The average molecular weight is 473 g/mol. The second kappa shape index (κ2) is 13.0. The van der Waals surface area contributed by atoms with Gasteiger partial charge in [0.25, 0.3) is 0 Å². The third-order valence-electron chi connectivity index (χ3n) is 7.22. The highest BCUT2D eigenvalue weighted by atomic mass is 19.1. The van der Waals surface area contributed by atoms with Crippen LogP contribution in [0.4, 0.5) is 8.78 Å². The Kier molecular flexibility index (Phi) is 10.1. The summed E-state index contributed by atoms with van der Waals surface area (Å²) in [4.78, 5) is 12.3. The molecule has 0 radical (unpaired) electrons. The van der Waals surface area contributed by atoms with Crippen molar-refractivity contribution in [3.05, 3.63) is 59.7 Å². The normalized spacial score (nSPS) is 20.4. The van der Waals surface area contributed by atoms with Gasteiger partial charge in [0.2, 0.25) is 0 Å². The number of unbranched alkanes of at least 4 members (excludes halogenated alkanes) is 7. The molecule has 0 aliphatic heterocycles. The van der Waals surface area contributed by atoms with Crippen molar-refractivity contribution >= 4 is 5.97 Å². The summed E-state index contributed by atoms with van der Waals surface area (Å²) >= 11 is 0. The monoisotopic (exact) mass is 472 g/mol. The Morgan fingerprint density at radius 1 is 0.941 bits per heavy atom. The molecule has 0 amide bonds. The molecular weight excluding hydrogens is 434 g/mol. The zero-order chi connectivity index (χ0) is 24.4. The van der Waals surface area contributed by atoms with Gasteiger partial charge in [0, 0.05) is 12.2 Å². The van der Waals surface area contributed by atoms with E-state index in [1.807, 2.05) is 0 Å². The molecule has 0 bridgehead atoms. The Morgan fingerprint density at radius 2 is 1.56 bits per heavy atom. The molecule has 1 fully saturated rings. The van der Waals surface area contributed by atoms with E-state index in [1.54, 1.807) is 12.1 Å². The fourth-order valence-electron chi connectivity index (χ4n) is 5.04. The highest BCUT2D eigenvalue weighted by Gasteiger charge is 2.44. The fourth-order valence-corrected chi connectivity index (χ4v) is 5.04. The summed E-state index contributed by atoms with van der Waals surface area (Å²) in [5, 5.41) is 10.1. The summed E-state index contributed by atoms with van der Waals surface area (Å²) in [7, 11) is 0. The Labute approximate surface area is 202 Å². The van der Waals surface area contributed by atoms with Gasteiger partial charge in [-0.3, -0.25) is 4.79 Å². The molecule has 1 aliphatic carbocycles. The second-order valence-corrected chi connectivity index (χ2v) is 9.63. The second-order valence-electron chi connectivity index (χ2n) is 9.63. The van der Waals surface area contributed by atoms with E-state index in [9.17, 15) is 18.7 Å². The summed E-state index contributed by atoms with van der Waals surface area (Å²) in [5.41, 5.74) is 0.296. The molecule has 1 N–H and O–H groups in total. The number of rotatable bonds is 13. The maximum absolute atomic E-state index is 14.9. The molecule has 3 nitrogen and oxygen atoms in total. The number of benzene rings is 2. The van der Waals surface area contributed by atoms with Crippen LogP contribution in [-0.4, -0.2) is 23.8 Å². The van der Waals surface area contributed by atoms with Crippen molar-refractivity contribution in [2.24, 2.45) is 0 Å². The smallest absolute Gasteiger partial charge is 0.314 e. The number of hydrogen-bond acceptors (Lipinski definition) is 2. The molecule has 186 valence electrons. The van der Waals surface area contributed by atoms with Crippen LogP contribution >= 0.6 is 0 Å². The zero-order valence-electron chi connectivity index (χ0n) is 20.3. The standard InChI is InChI=1S/C29H38F2O3/c1-2-3-4-5-6-7-8-9-20-34-25-16-18-29(19-17-25,28(32)33)23-12-15-26(27(31)21-23)22-10-13-24(30)14-11-22/h10-15,21,25H,2-9,16-20H2,1H3,(H,32,33). The van der Waals surface area contributed by atoms with Gasteiger partial charge in [-0.15, -0.1) is 0 Å². The minimum Gasteiger partial charge on any atom is -0.481 e. The lowest BCUT2D eigenvalue weighted by atomic mass is 9.68. The number of halogens is 2. The summed E-state index contributed by atoms with van der Waals surface area (Å²) in [6.45, 7) is 2.95. The van der Waals surface area contributed by atoms with Gasteiger partial charge < -0.3 is 9.84 Å². The van der Waals surface area contributed by atoms with Gasteiger partial charge >= 0.3 is 5.97 Å². The molecule has 0 aromatic heterocycles. The van der Waals surface area contributed by atoms with E-state index in [0.717, 1.165) is 13.0 Å². The molecular formula is C29H38F2O3. The van der Waals surface area contributed by atoms with Gasteiger partial charge in [-0.25, -0.2) is 8.78 Å². The van der Waals surface area contributed by atoms with Crippen LogP contribution < -0.4 is 0 Å². The number of ether oxygens (including phenoxy) is 1. The molecule has 2 aromatic carbocycles. The molecule has 3 rings (SSSR count). The number of carbonyl (C=O) groups is 1. The van der Waals surface area contributed by atoms with Crippen molar-refractivity contribution in [1.82, 2.24) is 0 Å².